The minimum absolute atomic E-state index is 0.452. The predicted octanol–water partition coefficient (Wildman–Crippen LogP) is 3.02. The van der Waals surface area contributed by atoms with Gasteiger partial charge in [-0.05, 0) is 30.7 Å². The molecule has 19 heavy (non-hydrogen) atoms. The Kier molecular flexibility index (Phi) is 2.87. The van der Waals surface area contributed by atoms with Gasteiger partial charge in [0, 0.05) is 6.20 Å². The van der Waals surface area contributed by atoms with Crippen molar-refractivity contribution < 1.29 is 0 Å². The molecule has 0 aliphatic rings. The predicted molar refractivity (Wildman–Crippen MR) is 77.2 cm³/mol. The zero-order chi connectivity index (χ0) is 13.4. The lowest BCUT2D eigenvalue weighted by molar-refractivity contribution is 0.802. The molecule has 1 aromatic carbocycles. The molecule has 0 aliphatic heterocycles. The number of para-hydroxylation sites is 1. The van der Waals surface area contributed by atoms with Gasteiger partial charge in [0.1, 0.15) is 5.52 Å². The van der Waals surface area contributed by atoms with Crippen LogP contribution in [-0.4, -0.2) is 14.5 Å². The average molecular weight is 273 g/mol. The van der Waals surface area contributed by atoms with Crippen LogP contribution in [0.4, 0.5) is 5.95 Å². The topological polar surface area (TPSA) is 56.7 Å². The van der Waals surface area contributed by atoms with E-state index in [0.717, 1.165) is 22.3 Å². The zero-order valence-corrected chi connectivity index (χ0v) is 11.2. The van der Waals surface area contributed by atoms with Gasteiger partial charge in [-0.25, -0.2) is 4.98 Å². The number of nitrogen functional groups attached to an aromatic ring is 1. The van der Waals surface area contributed by atoms with Crippen LogP contribution in [0.25, 0.3) is 11.0 Å². The van der Waals surface area contributed by atoms with E-state index >= 15 is 0 Å². The molecule has 2 N–H and O–H groups in total. The summed E-state index contributed by atoms with van der Waals surface area (Å²) in [5.74, 6) is 0.452. The van der Waals surface area contributed by atoms with Crippen LogP contribution in [-0.2, 0) is 6.54 Å². The highest BCUT2D eigenvalue weighted by Gasteiger charge is 2.12. The number of aryl methyl sites for hydroxylation is 1. The lowest BCUT2D eigenvalue weighted by Crippen LogP contribution is -2.07. The average Bonchev–Trinajstić information content (AvgIpc) is 2.71. The number of anilines is 1. The highest BCUT2D eigenvalue weighted by molar-refractivity contribution is 6.35. The van der Waals surface area contributed by atoms with Crippen LogP contribution >= 0.6 is 11.6 Å². The molecule has 0 amide bonds. The summed E-state index contributed by atoms with van der Waals surface area (Å²) in [7, 11) is 0. The second-order valence-corrected chi connectivity index (χ2v) is 4.84. The number of aromatic nitrogens is 3. The van der Waals surface area contributed by atoms with Crippen molar-refractivity contribution in [2.45, 2.75) is 13.5 Å². The Morgan fingerprint density at radius 1 is 1.26 bits per heavy atom. The number of nitrogens with two attached hydrogens (primary N) is 1. The van der Waals surface area contributed by atoms with Crippen LogP contribution in [0.3, 0.4) is 0 Å². The van der Waals surface area contributed by atoms with E-state index in [9.17, 15) is 0 Å². The van der Waals surface area contributed by atoms with E-state index in [4.69, 9.17) is 17.3 Å². The van der Waals surface area contributed by atoms with Crippen molar-refractivity contribution >= 4 is 28.6 Å². The molecular formula is C14H13ClN4. The summed E-state index contributed by atoms with van der Waals surface area (Å²) in [5, 5.41) is 0.612. The zero-order valence-electron chi connectivity index (χ0n) is 10.5. The first-order valence-corrected chi connectivity index (χ1v) is 6.35. The molecule has 0 bridgehead atoms. The number of imidazole rings is 1. The number of pyridine rings is 1. The molecule has 0 fully saturated rings. The molecule has 0 aliphatic carbocycles. The van der Waals surface area contributed by atoms with E-state index < -0.39 is 0 Å². The van der Waals surface area contributed by atoms with Crippen molar-refractivity contribution in [3.8, 4) is 0 Å². The maximum atomic E-state index is 6.13. The van der Waals surface area contributed by atoms with Gasteiger partial charge in [-0.3, -0.25) is 4.98 Å². The molecule has 96 valence electrons. The number of hydrogen-bond acceptors (Lipinski definition) is 3. The summed E-state index contributed by atoms with van der Waals surface area (Å²) < 4.78 is 1.93. The summed E-state index contributed by atoms with van der Waals surface area (Å²) in [6.45, 7) is 2.62. The summed E-state index contributed by atoms with van der Waals surface area (Å²) in [4.78, 5) is 8.71. The van der Waals surface area contributed by atoms with Gasteiger partial charge in [0.25, 0.3) is 0 Å². The molecule has 0 radical (unpaired) electrons. The van der Waals surface area contributed by atoms with Crippen LogP contribution < -0.4 is 5.73 Å². The van der Waals surface area contributed by atoms with Crippen LogP contribution in [0.15, 0.2) is 36.5 Å². The smallest absolute Gasteiger partial charge is 0.201 e. The molecule has 0 unspecified atom stereocenters. The molecular weight excluding hydrogens is 260 g/mol. The summed E-state index contributed by atoms with van der Waals surface area (Å²) in [6.07, 6.45) is 1.78. The summed E-state index contributed by atoms with van der Waals surface area (Å²) >= 11 is 6.13. The fraction of sp³-hybridized carbons (Fsp3) is 0.143. The molecule has 2 heterocycles. The molecule has 0 saturated carbocycles. The van der Waals surface area contributed by atoms with E-state index in [2.05, 4.69) is 9.97 Å². The van der Waals surface area contributed by atoms with Crippen molar-refractivity contribution in [2.75, 3.05) is 5.73 Å². The van der Waals surface area contributed by atoms with Gasteiger partial charge < -0.3 is 10.3 Å². The Morgan fingerprint density at radius 3 is 2.89 bits per heavy atom. The Labute approximate surface area is 115 Å². The lowest BCUT2D eigenvalue weighted by atomic mass is 10.2. The maximum Gasteiger partial charge on any atom is 0.201 e. The van der Waals surface area contributed by atoms with Crippen LogP contribution in [0, 0.1) is 6.92 Å². The Balaban J connectivity index is 2.13. The maximum absolute atomic E-state index is 6.13. The third kappa shape index (κ3) is 2.04. The summed E-state index contributed by atoms with van der Waals surface area (Å²) in [6, 6.07) is 9.62. The third-order valence-electron chi connectivity index (χ3n) is 3.18. The molecule has 4 nitrogen and oxygen atoms in total. The van der Waals surface area contributed by atoms with E-state index in [1.807, 2.05) is 41.8 Å². The quantitative estimate of drug-likeness (QED) is 0.780. The van der Waals surface area contributed by atoms with Crippen molar-refractivity contribution in [2.24, 2.45) is 0 Å². The number of halogens is 1. The first kappa shape index (κ1) is 12.0. The minimum atomic E-state index is 0.452. The number of fused-ring (bicyclic) bond motifs is 1. The van der Waals surface area contributed by atoms with Crippen molar-refractivity contribution in [3.05, 3.63) is 52.8 Å². The first-order chi connectivity index (χ1) is 9.16. The highest BCUT2D eigenvalue weighted by atomic mass is 35.5. The molecule has 0 spiro atoms. The van der Waals surface area contributed by atoms with E-state index in [0.29, 0.717) is 17.5 Å². The number of hydrogen-bond donors (Lipinski definition) is 1. The van der Waals surface area contributed by atoms with Gasteiger partial charge in [-0.15, -0.1) is 0 Å². The van der Waals surface area contributed by atoms with Gasteiger partial charge >= 0.3 is 0 Å². The molecule has 2 aromatic heterocycles. The Bertz CT molecular complexity index is 748. The van der Waals surface area contributed by atoms with Gasteiger partial charge in [-0.1, -0.05) is 23.7 Å². The van der Waals surface area contributed by atoms with Crippen molar-refractivity contribution in [1.29, 1.82) is 0 Å². The molecule has 0 atom stereocenters. The van der Waals surface area contributed by atoms with E-state index in [1.165, 1.54) is 0 Å². The number of nitrogens with zero attached hydrogens (tertiary/aromatic N) is 3. The fourth-order valence-corrected chi connectivity index (χ4v) is 2.34. The largest absolute Gasteiger partial charge is 0.369 e. The van der Waals surface area contributed by atoms with Crippen molar-refractivity contribution in [3.63, 3.8) is 0 Å². The normalized spacial score (nSPS) is 11.1. The van der Waals surface area contributed by atoms with Gasteiger partial charge in [-0.2, -0.15) is 0 Å². The van der Waals surface area contributed by atoms with Crippen LogP contribution in [0.5, 0.6) is 0 Å². The van der Waals surface area contributed by atoms with E-state index in [1.54, 1.807) is 6.20 Å². The molecule has 0 saturated heterocycles. The number of benzene rings is 1. The molecule has 5 heteroatoms. The number of rotatable bonds is 2. The second kappa shape index (κ2) is 4.55. The SMILES string of the molecule is Cc1cccnc1Cn1c(N)nc2c(Cl)cccc21. The first-order valence-electron chi connectivity index (χ1n) is 5.97. The molecule has 3 rings (SSSR count). The highest BCUT2D eigenvalue weighted by Crippen LogP contribution is 2.25. The monoisotopic (exact) mass is 272 g/mol. The Hall–Kier alpha value is -2.07. The third-order valence-corrected chi connectivity index (χ3v) is 3.49. The van der Waals surface area contributed by atoms with E-state index in [-0.39, 0.29) is 0 Å². The lowest BCUT2D eigenvalue weighted by Gasteiger charge is -2.08. The summed E-state index contributed by atoms with van der Waals surface area (Å²) in [5.41, 5.74) is 9.75. The standard InChI is InChI=1S/C14H13ClN4/c1-9-4-3-7-17-11(9)8-19-12-6-2-5-10(15)13(12)18-14(19)16/h2-7H,8H2,1H3,(H2,16,18). The molecule has 3 aromatic rings. The Morgan fingerprint density at radius 2 is 2.11 bits per heavy atom. The van der Waals surface area contributed by atoms with Gasteiger partial charge in [0.05, 0.1) is 22.8 Å². The second-order valence-electron chi connectivity index (χ2n) is 4.43. The minimum Gasteiger partial charge on any atom is -0.369 e. The van der Waals surface area contributed by atoms with Crippen LogP contribution in [0.1, 0.15) is 11.3 Å². The van der Waals surface area contributed by atoms with Gasteiger partial charge in [0.15, 0.2) is 0 Å². The van der Waals surface area contributed by atoms with Crippen molar-refractivity contribution in [1.82, 2.24) is 14.5 Å². The fourth-order valence-electron chi connectivity index (χ4n) is 2.13. The van der Waals surface area contributed by atoms with Crippen LogP contribution in [0.2, 0.25) is 5.02 Å². The van der Waals surface area contributed by atoms with Gasteiger partial charge in [0.2, 0.25) is 5.95 Å².